The second-order valence-corrected chi connectivity index (χ2v) is 5.87. The molecule has 0 aliphatic rings. The van der Waals surface area contributed by atoms with Crippen molar-refractivity contribution >= 4 is 11.7 Å². The third-order valence-corrected chi connectivity index (χ3v) is 4.18. The maximum atomic E-state index is 13.0. The van der Waals surface area contributed by atoms with Crippen molar-refractivity contribution in [2.75, 3.05) is 31.5 Å². The molecular weight excluding hydrogens is 317 g/mol. The molecule has 0 aliphatic heterocycles. The number of hydrogen-bond donors (Lipinski definition) is 1. The Balaban J connectivity index is 2.05. The van der Waals surface area contributed by atoms with Gasteiger partial charge >= 0.3 is 6.03 Å². The van der Waals surface area contributed by atoms with E-state index in [0.717, 1.165) is 25.2 Å². The largest absolute Gasteiger partial charge is 0.322 e. The summed E-state index contributed by atoms with van der Waals surface area (Å²) in [6.45, 7) is 8.12. The summed E-state index contributed by atoms with van der Waals surface area (Å²) < 4.78 is 13.0. The number of anilines is 1. The molecule has 2 amide bonds. The Morgan fingerprint density at radius 1 is 0.960 bits per heavy atom. The third kappa shape index (κ3) is 6.19. The summed E-state index contributed by atoms with van der Waals surface area (Å²) in [7, 11) is 0. The highest BCUT2D eigenvalue weighted by molar-refractivity contribution is 5.89. The van der Waals surface area contributed by atoms with Crippen molar-refractivity contribution < 1.29 is 9.18 Å². The zero-order valence-electron chi connectivity index (χ0n) is 14.9. The van der Waals surface area contributed by atoms with Gasteiger partial charge in [-0.3, -0.25) is 0 Å². The van der Waals surface area contributed by atoms with Crippen molar-refractivity contribution in [3.05, 3.63) is 66.0 Å². The predicted octanol–water partition coefficient (Wildman–Crippen LogP) is 4.20. The Morgan fingerprint density at radius 3 is 2.20 bits per heavy atom. The first-order valence-corrected chi connectivity index (χ1v) is 8.70. The molecule has 0 unspecified atom stereocenters. The standard InChI is InChI=1S/C20H26FN3O/c1-3-23(4-2)14-15-24(16-17-8-6-5-7-9-17)20(25)22-19-12-10-18(21)11-13-19/h5-13H,3-4,14-16H2,1-2H3,(H,22,25). The van der Waals surface area contributed by atoms with Gasteiger partial charge in [-0.15, -0.1) is 0 Å². The number of likely N-dealkylation sites (N-methyl/N-ethyl adjacent to an activating group) is 1. The van der Waals surface area contributed by atoms with E-state index >= 15 is 0 Å². The number of nitrogens with zero attached hydrogens (tertiary/aromatic N) is 2. The molecule has 0 atom stereocenters. The molecule has 25 heavy (non-hydrogen) atoms. The molecule has 2 aromatic rings. The fourth-order valence-electron chi connectivity index (χ4n) is 2.59. The zero-order valence-corrected chi connectivity index (χ0v) is 14.9. The molecule has 0 fully saturated rings. The minimum atomic E-state index is -0.319. The molecule has 0 saturated heterocycles. The number of amides is 2. The van der Waals surface area contributed by atoms with Gasteiger partial charge in [0, 0.05) is 25.3 Å². The van der Waals surface area contributed by atoms with Gasteiger partial charge in [-0.05, 0) is 42.9 Å². The van der Waals surface area contributed by atoms with Crippen LogP contribution in [-0.2, 0) is 6.54 Å². The fourth-order valence-corrected chi connectivity index (χ4v) is 2.59. The average Bonchev–Trinajstić information content (AvgIpc) is 2.64. The summed E-state index contributed by atoms with van der Waals surface area (Å²) in [6, 6.07) is 15.6. The number of carbonyl (C=O) groups is 1. The van der Waals surface area contributed by atoms with E-state index in [4.69, 9.17) is 0 Å². The lowest BCUT2D eigenvalue weighted by Gasteiger charge is -2.27. The molecule has 1 N–H and O–H groups in total. The molecular formula is C20H26FN3O. The molecule has 2 aromatic carbocycles. The van der Waals surface area contributed by atoms with Crippen LogP contribution in [0.25, 0.3) is 0 Å². The van der Waals surface area contributed by atoms with E-state index in [2.05, 4.69) is 24.1 Å². The van der Waals surface area contributed by atoms with Crippen LogP contribution in [0, 0.1) is 5.82 Å². The van der Waals surface area contributed by atoms with Crippen molar-refractivity contribution in [3.8, 4) is 0 Å². The van der Waals surface area contributed by atoms with E-state index in [1.807, 2.05) is 30.3 Å². The minimum Gasteiger partial charge on any atom is -0.319 e. The van der Waals surface area contributed by atoms with Crippen LogP contribution < -0.4 is 5.32 Å². The normalized spacial score (nSPS) is 10.7. The molecule has 4 nitrogen and oxygen atoms in total. The Hall–Kier alpha value is -2.40. The van der Waals surface area contributed by atoms with E-state index in [-0.39, 0.29) is 11.8 Å². The highest BCUT2D eigenvalue weighted by Gasteiger charge is 2.15. The van der Waals surface area contributed by atoms with Crippen LogP contribution in [0.1, 0.15) is 19.4 Å². The number of halogens is 1. The van der Waals surface area contributed by atoms with Gasteiger partial charge in [-0.2, -0.15) is 0 Å². The summed E-state index contributed by atoms with van der Waals surface area (Å²) in [5.74, 6) is -0.319. The SMILES string of the molecule is CCN(CC)CCN(Cc1ccccc1)C(=O)Nc1ccc(F)cc1. The number of hydrogen-bond acceptors (Lipinski definition) is 2. The summed E-state index contributed by atoms with van der Waals surface area (Å²) in [6.07, 6.45) is 0. The van der Waals surface area contributed by atoms with Crippen LogP contribution in [-0.4, -0.2) is 42.0 Å². The molecule has 134 valence electrons. The number of carbonyl (C=O) groups excluding carboxylic acids is 1. The second kappa shape index (κ2) is 9.79. The molecule has 0 spiro atoms. The van der Waals surface area contributed by atoms with Crippen LogP contribution in [0.15, 0.2) is 54.6 Å². The second-order valence-electron chi connectivity index (χ2n) is 5.87. The van der Waals surface area contributed by atoms with Gasteiger partial charge in [0.2, 0.25) is 0 Å². The lowest BCUT2D eigenvalue weighted by atomic mass is 10.2. The van der Waals surface area contributed by atoms with Crippen LogP contribution in [0.5, 0.6) is 0 Å². The molecule has 2 rings (SSSR count). The summed E-state index contributed by atoms with van der Waals surface area (Å²) in [5, 5.41) is 2.85. The maximum absolute atomic E-state index is 13.0. The number of benzene rings is 2. The first-order valence-electron chi connectivity index (χ1n) is 8.70. The Kier molecular flexibility index (Phi) is 7.41. The quantitative estimate of drug-likeness (QED) is 0.780. The van der Waals surface area contributed by atoms with Crippen molar-refractivity contribution in [1.82, 2.24) is 9.80 Å². The van der Waals surface area contributed by atoms with Gasteiger partial charge in [0.05, 0.1) is 0 Å². The summed E-state index contributed by atoms with van der Waals surface area (Å²) in [5.41, 5.74) is 1.67. The van der Waals surface area contributed by atoms with Gasteiger partial charge in [0.1, 0.15) is 5.82 Å². The van der Waals surface area contributed by atoms with Gasteiger partial charge in [-0.25, -0.2) is 9.18 Å². The Bertz CT molecular complexity index is 642. The van der Waals surface area contributed by atoms with Crippen LogP contribution in [0.3, 0.4) is 0 Å². The first kappa shape index (κ1) is 18.9. The van der Waals surface area contributed by atoms with E-state index in [0.29, 0.717) is 18.8 Å². The molecule has 0 bridgehead atoms. The van der Waals surface area contributed by atoms with Crippen molar-refractivity contribution in [2.45, 2.75) is 20.4 Å². The smallest absolute Gasteiger partial charge is 0.319 e. The number of rotatable bonds is 8. The highest BCUT2D eigenvalue weighted by Crippen LogP contribution is 2.11. The maximum Gasteiger partial charge on any atom is 0.322 e. The monoisotopic (exact) mass is 343 g/mol. The van der Waals surface area contributed by atoms with E-state index in [9.17, 15) is 9.18 Å². The molecule has 0 radical (unpaired) electrons. The van der Waals surface area contributed by atoms with Crippen molar-refractivity contribution in [2.24, 2.45) is 0 Å². The van der Waals surface area contributed by atoms with Gasteiger partial charge < -0.3 is 15.1 Å². The Labute approximate surface area is 149 Å². The lowest BCUT2D eigenvalue weighted by molar-refractivity contribution is 0.194. The highest BCUT2D eigenvalue weighted by atomic mass is 19.1. The third-order valence-electron chi connectivity index (χ3n) is 4.18. The van der Waals surface area contributed by atoms with Gasteiger partial charge in [0.25, 0.3) is 0 Å². The fraction of sp³-hybridized carbons (Fsp3) is 0.350. The Morgan fingerprint density at radius 2 is 1.60 bits per heavy atom. The average molecular weight is 343 g/mol. The topological polar surface area (TPSA) is 35.6 Å². The number of nitrogens with one attached hydrogen (secondary N) is 1. The van der Waals surface area contributed by atoms with E-state index in [1.54, 1.807) is 17.0 Å². The van der Waals surface area contributed by atoms with E-state index < -0.39 is 0 Å². The molecule has 0 aliphatic carbocycles. The number of urea groups is 1. The predicted molar refractivity (Wildman–Crippen MR) is 100 cm³/mol. The van der Waals surface area contributed by atoms with Crippen LogP contribution >= 0.6 is 0 Å². The van der Waals surface area contributed by atoms with Crippen LogP contribution in [0.4, 0.5) is 14.9 Å². The molecule has 0 heterocycles. The molecule has 5 heteroatoms. The zero-order chi connectivity index (χ0) is 18.1. The molecule has 0 aromatic heterocycles. The van der Waals surface area contributed by atoms with Crippen molar-refractivity contribution in [1.29, 1.82) is 0 Å². The molecule has 0 saturated carbocycles. The van der Waals surface area contributed by atoms with E-state index in [1.165, 1.54) is 12.1 Å². The summed E-state index contributed by atoms with van der Waals surface area (Å²) in [4.78, 5) is 16.8. The first-order chi connectivity index (χ1) is 12.1. The minimum absolute atomic E-state index is 0.178. The lowest BCUT2D eigenvalue weighted by Crippen LogP contribution is -2.40. The van der Waals surface area contributed by atoms with Gasteiger partial charge in [-0.1, -0.05) is 44.2 Å². The summed E-state index contributed by atoms with van der Waals surface area (Å²) >= 11 is 0. The van der Waals surface area contributed by atoms with Crippen molar-refractivity contribution in [3.63, 3.8) is 0 Å². The van der Waals surface area contributed by atoms with Gasteiger partial charge in [0.15, 0.2) is 0 Å². The van der Waals surface area contributed by atoms with Crippen LogP contribution in [0.2, 0.25) is 0 Å².